The summed E-state index contributed by atoms with van der Waals surface area (Å²) in [7, 11) is 4.97. The molecule has 2 rings (SSSR count). The zero-order chi connectivity index (χ0) is 19.8. The molecule has 1 heterocycles. The van der Waals surface area contributed by atoms with E-state index in [0.29, 0.717) is 23.7 Å². The van der Waals surface area contributed by atoms with Crippen molar-refractivity contribution < 1.29 is 24.2 Å². The van der Waals surface area contributed by atoms with Crippen molar-refractivity contribution >= 4 is 30.0 Å². The Labute approximate surface area is 172 Å². The van der Waals surface area contributed by atoms with Gasteiger partial charge in [0.1, 0.15) is 11.5 Å². The maximum Gasteiger partial charge on any atom is 0.317 e. The lowest BCUT2D eigenvalue weighted by molar-refractivity contribution is -0.138. The number of carbonyl (C=O) groups excluding carboxylic acids is 1. The summed E-state index contributed by atoms with van der Waals surface area (Å²) in [4.78, 5) is 27.3. The number of nitrogens with one attached hydrogen (secondary N) is 1. The number of ether oxygens (including phenoxy) is 2. The number of likely N-dealkylation sites (tertiary alicyclic amines) is 1. The van der Waals surface area contributed by atoms with E-state index in [1.807, 2.05) is 11.9 Å². The topological polar surface area (TPSA) is 91.3 Å². The number of methoxy groups -OCH3 is 2. The van der Waals surface area contributed by atoms with Gasteiger partial charge in [0.25, 0.3) is 0 Å². The first kappa shape index (κ1) is 24.0. The highest BCUT2D eigenvalue weighted by molar-refractivity contribution is 5.92. The van der Waals surface area contributed by atoms with Crippen molar-refractivity contribution in [3.05, 3.63) is 18.2 Å². The molecular weight excluding hydrogens is 386 g/mol. The van der Waals surface area contributed by atoms with E-state index >= 15 is 0 Å². The van der Waals surface area contributed by atoms with Crippen molar-refractivity contribution in [2.75, 3.05) is 52.8 Å². The molecule has 1 fully saturated rings. The fourth-order valence-electron chi connectivity index (χ4n) is 3.36. The van der Waals surface area contributed by atoms with Crippen LogP contribution < -0.4 is 14.8 Å². The summed E-state index contributed by atoms with van der Waals surface area (Å²) < 4.78 is 10.4. The lowest BCUT2D eigenvalue weighted by atomic mass is 10.1. The Morgan fingerprint density at radius 3 is 2.39 bits per heavy atom. The Morgan fingerprint density at radius 2 is 1.82 bits per heavy atom. The molecule has 1 atom stereocenters. The van der Waals surface area contributed by atoms with Crippen molar-refractivity contribution in [3.8, 4) is 11.5 Å². The summed E-state index contributed by atoms with van der Waals surface area (Å²) in [5.74, 6) is 0.321. The molecule has 1 aromatic carbocycles. The van der Waals surface area contributed by atoms with E-state index in [4.69, 9.17) is 14.6 Å². The standard InChI is InChI=1S/C19H29N3O5.ClH/c1-21(13-19(24)25)15-5-4-7-22(8-6-15)12-18(23)20-14-9-16(26-2)11-17(10-14)27-3;/h9-11,15H,4-8,12-13H2,1-3H3,(H,20,23)(H,24,25);1H. The molecule has 0 aliphatic carbocycles. The fourth-order valence-corrected chi connectivity index (χ4v) is 3.36. The predicted molar refractivity (Wildman–Crippen MR) is 110 cm³/mol. The van der Waals surface area contributed by atoms with Gasteiger partial charge >= 0.3 is 5.97 Å². The SMILES string of the molecule is COc1cc(NC(=O)CN2CCCC(N(C)CC(=O)O)CC2)cc(OC)c1.Cl. The van der Waals surface area contributed by atoms with Gasteiger partial charge in [0, 0.05) is 36.5 Å². The molecule has 158 valence electrons. The molecule has 28 heavy (non-hydrogen) atoms. The first-order valence-corrected chi connectivity index (χ1v) is 9.08. The molecule has 1 aromatic rings. The van der Waals surface area contributed by atoms with E-state index in [1.165, 1.54) is 0 Å². The Kier molecular flexibility index (Phi) is 10.1. The zero-order valence-electron chi connectivity index (χ0n) is 16.6. The van der Waals surface area contributed by atoms with E-state index in [-0.39, 0.29) is 30.9 Å². The molecule has 1 amide bonds. The first-order valence-electron chi connectivity index (χ1n) is 9.08. The van der Waals surface area contributed by atoms with Crippen LogP contribution in [-0.4, -0.2) is 80.3 Å². The summed E-state index contributed by atoms with van der Waals surface area (Å²) in [5.41, 5.74) is 0.630. The van der Waals surface area contributed by atoms with Gasteiger partial charge in [-0.15, -0.1) is 12.4 Å². The van der Waals surface area contributed by atoms with Gasteiger partial charge in [-0.3, -0.25) is 19.4 Å². The van der Waals surface area contributed by atoms with Crippen LogP contribution in [0.2, 0.25) is 0 Å². The van der Waals surface area contributed by atoms with Crippen molar-refractivity contribution in [2.24, 2.45) is 0 Å². The maximum absolute atomic E-state index is 12.4. The molecule has 0 saturated carbocycles. The van der Waals surface area contributed by atoms with Crippen LogP contribution in [0.5, 0.6) is 11.5 Å². The third kappa shape index (κ3) is 7.53. The number of aliphatic carboxylic acids is 1. The van der Waals surface area contributed by atoms with E-state index in [1.54, 1.807) is 32.4 Å². The van der Waals surface area contributed by atoms with Crippen molar-refractivity contribution in [1.29, 1.82) is 0 Å². The average Bonchev–Trinajstić information content (AvgIpc) is 2.86. The number of carboxylic acids is 1. The minimum atomic E-state index is -0.813. The van der Waals surface area contributed by atoms with Crippen LogP contribution in [-0.2, 0) is 9.59 Å². The second kappa shape index (κ2) is 11.7. The van der Waals surface area contributed by atoms with Crippen LogP contribution in [0.1, 0.15) is 19.3 Å². The van der Waals surface area contributed by atoms with Crippen LogP contribution in [0.3, 0.4) is 0 Å². The number of nitrogens with zero attached hydrogens (tertiary/aromatic N) is 2. The summed E-state index contributed by atoms with van der Waals surface area (Å²) in [6.45, 7) is 1.94. The third-order valence-electron chi connectivity index (χ3n) is 4.80. The molecule has 0 aromatic heterocycles. The lowest BCUT2D eigenvalue weighted by Crippen LogP contribution is -2.37. The normalized spacial score (nSPS) is 17.4. The van der Waals surface area contributed by atoms with Gasteiger partial charge in [-0.2, -0.15) is 0 Å². The molecular formula is C19H30ClN3O5. The number of rotatable bonds is 8. The number of hydrogen-bond donors (Lipinski definition) is 2. The molecule has 1 aliphatic heterocycles. The van der Waals surface area contributed by atoms with Gasteiger partial charge in [-0.05, 0) is 32.9 Å². The molecule has 1 aliphatic rings. The van der Waals surface area contributed by atoms with E-state index < -0.39 is 5.97 Å². The van der Waals surface area contributed by atoms with E-state index in [2.05, 4.69) is 10.2 Å². The van der Waals surface area contributed by atoms with E-state index in [9.17, 15) is 9.59 Å². The Bertz CT molecular complexity index is 636. The number of carbonyl (C=O) groups is 2. The van der Waals surface area contributed by atoms with Crippen LogP contribution in [0.15, 0.2) is 18.2 Å². The van der Waals surface area contributed by atoms with Crippen LogP contribution in [0.4, 0.5) is 5.69 Å². The van der Waals surface area contributed by atoms with Crippen LogP contribution >= 0.6 is 12.4 Å². The van der Waals surface area contributed by atoms with Crippen molar-refractivity contribution in [3.63, 3.8) is 0 Å². The Hall–Kier alpha value is -2.03. The molecule has 8 nitrogen and oxygen atoms in total. The predicted octanol–water partition coefficient (Wildman–Crippen LogP) is 1.94. The number of anilines is 1. The molecule has 1 unspecified atom stereocenters. The fraction of sp³-hybridized carbons (Fsp3) is 0.579. The minimum absolute atomic E-state index is 0. The summed E-state index contributed by atoms with van der Waals surface area (Å²) in [6, 6.07) is 5.48. The van der Waals surface area contributed by atoms with Crippen molar-refractivity contribution in [2.45, 2.75) is 25.3 Å². The highest BCUT2D eigenvalue weighted by Gasteiger charge is 2.22. The number of amides is 1. The number of halogens is 1. The number of benzene rings is 1. The number of likely N-dealkylation sites (N-methyl/N-ethyl adjacent to an activating group) is 1. The second-order valence-electron chi connectivity index (χ2n) is 6.82. The van der Waals surface area contributed by atoms with Gasteiger partial charge in [0.05, 0.1) is 27.3 Å². The molecule has 0 spiro atoms. The largest absolute Gasteiger partial charge is 0.497 e. The van der Waals surface area contributed by atoms with Gasteiger partial charge < -0.3 is 19.9 Å². The molecule has 1 saturated heterocycles. The summed E-state index contributed by atoms with van der Waals surface area (Å²) in [5, 5.41) is 11.8. The smallest absolute Gasteiger partial charge is 0.317 e. The van der Waals surface area contributed by atoms with Crippen molar-refractivity contribution in [1.82, 2.24) is 9.80 Å². The number of carboxylic acid groups (broad SMARTS) is 1. The monoisotopic (exact) mass is 415 g/mol. The van der Waals surface area contributed by atoms with Crippen LogP contribution in [0, 0.1) is 0 Å². The van der Waals surface area contributed by atoms with Gasteiger partial charge in [-0.1, -0.05) is 0 Å². The van der Waals surface area contributed by atoms with Crippen LogP contribution in [0.25, 0.3) is 0 Å². The maximum atomic E-state index is 12.4. The highest BCUT2D eigenvalue weighted by atomic mass is 35.5. The summed E-state index contributed by atoms with van der Waals surface area (Å²) in [6.07, 6.45) is 2.73. The molecule has 2 N–H and O–H groups in total. The molecule has 0 bridgehead atoms. The first-order chi connectivity index (χ1) is 12.9. The molecule has 0 radical (unpaired) electrons. The van der Waals surface area contributed by atoms with Gasteiger partial charge in [-0.25, -0.2) is 0 Å². The second-order valence-corrected chi connectivity index (χ2v) is 6.82. The quantitative estimate of drug-likeness (QED) is 0.670. The van der Waals surface area contributed by atoms with Gasteiger partial charge in [0.15, 0.2) is 0 Å². The van der Waals surface area contributed by atoms with E-state index in [0.717, 1.165) is 32.4 Å². The Morgan fingerprint density at radius 1 is 1.18 bits per heavy atom. The average molecular weight is 416 g/mol. The van der Waals surface area contributed by atoms with Gasteiger partial charge in [0.2, 0.25) is 5.91 Å². The number of hydrogen-bond acceptors (Lipinski definition) is 6. The molecule has 9 heteroatoms. The Balaban J connectivity index is 0.00000392. The third-order valence-corrected chi connectivity index (χ3v) is 4.80. The minimum Gasteiger partial charge on any atom is -0.497 e. The lowest BCUT2D eigenvalue weighted by Gasteiger charge is -2.25. The highest BCUT2D eigenvalue weighted by Crippen LogP contribution is 2.25. The zero-order valence-corrected chi connectivity index (χ0v) is 17.5. The summed E-state index contributed by atoms with van der Waals surface area (Å²) >= 11 is 0.